The van der Waals surface area contributed by atoms with E-state index in [2.05, 4.69) is 5.32 Å². The number of nitrogens with zero attached hydrogens (tertiary/aromatic N) is 1. The monoisotopic (exact) mass is 208 g/mol. The van der Waals surface area contributed by atoms with Crippen LogP contribution in [0.5, 0.6) is 0 Å². The summed E-state index contributed by atoms with van der Waals surface area (Å²) in [7, 11) is 0. The first kappa shape index (κ1) is 9.89. The highest BCUT2D eigenvalue weighted by molar-refractivity contribution is 6.13. The van der Waals surface area contributed by atoms with Gasteiger partial charge in [0.05, 0.1) is 0 Å². The van der Waals surface area contributed by atoms with Gasteiger partial charge in [-0.05, 0) is 12.8 Å². The highest BCUT2D eigenvalue weighted by atomic mass is 16.2. The van der Waals surface area contributed by atoms with E-state index in [4.69, 9.17) is 0 Å². The quantitative estimate of drug-likeness (QED) is 0.638. The van der Waals surface area contributed by atoms with Gasteiger partial charge in [-0.15, -0.1) is 0 Å². The minimum absolute atomic E-state index is 0.0926. The summed E-state index contributed by atoms with van der Waals surface area (Å²) in [6, 6.07) is 0.320. The Morgan fingerprint density at radius 1 is 1.33 bits per heavy atom. The van der Waals surface area contributed by atoms with Crippen LogP contribution < -0.4 is 5.32 Å². The lowest BCUT2D eigenvalue weighted by molar-refractivity contribution is -0.137. The molecule has 0 aromatic rings. The van der Waals surface area contributed by atoms with Crippen molar-refractivity contribution in [3.8, 4) is 0 Å². The smallest absolute Gasteiger partial charge is 0.253 e. The van der Waals surface area contributed by atoms with Crippen LogP contribution in [0.2, 0.25) is 0 Å². The van der Waals surface area contributed by atoms with Gasteiger partial charge in [-0.2, -0.15) is 0 Å². The van der Waals surface area contributed by atoms with Crippen LogP contribution >= 0.6 is 0 Å². The van der Waals surface area contributed by atoms with Gasteiger partial charge in [0.2, 0.25) is 5.91 Å². The van der Waals surface area contributed by atoms with Gasteiger partial charge in [0.1, 0.15) is 0 Å². The van der Waals surface area contributed by atoms with Gasteiger partial charge in [-0.1, -0.05) is 0 Å². The van der Waals surface area contributed by atoms with E-state index in [1.807, 2.05) is 0 Å². The average molecular weight is 208 g/mol. The van der Waals surface area contributed by atoms with Crippen molar-refractivity contribution < 1.29 is 14.4 Å². The van der Waals surface area contributed by atoms with E-state index in [0.717, 1.165) is 17.7 Å². The fourth-order valence-electron chi connectivity index (χ4n) is 1.39. The minimum atomic E-state index is -0.334. The van der Waals surface area contributed by atoms with Gasteiger partial charge in [-0.25, -0.2) is 0 Å². The van der Waals surface area contributed by atoms with Crippen molar-refractivity contribution in [3.63, 3.8) is 0 Å². The van der Waals surface area contributed by atoms with Crippen LogP contribution in [-0.2, 0) is 14.4 Å². The molecule has 2 rings (SSSR count). The Morgan fingerprint density at radius 3 is 2.47 bits per heavy atom. The Kier molecular flexibility index (Phi) is 2.53. The maximum atomic E-state index is 11.3. The van der Waals surface area contributed by atoms with Crippen LogP contribution in [0.25, 0.3) is 0 Å². The third kappa shape index (κ3) is 2.43. The predicted molar refractivity (Wildman–Crippen MR) is 51.6 cm³/mol. The molecule has 0 bridgehead atoms. The first-order valence-corrected chi connectivity index (χ1v) is 5.00. The summed E-state index contributed by atoms with van der Waals surface area (Å²) >= 11 is 0. The molecule has 0 spiro atoms. The van der Waals surface area contributed by atoms with Crippen molar-refractivity contribution in [2.45, 2.75) is 25.3 Å². The Balaban J connectivity index is 1.74. The Hall–Kier alpha value is -1.65. The Labute approximate surface area is 87.1 Å². The summed E-state index contributed by atoms with van der Waals surface area (Å²) in [6.07, 6.45) is 4.71. The first-order valence-electron chi connectivity index (χ1n) is 5.00. The topological polar surface area (TPSA) is 66.5 Å². The molecule has 1 aliphatic carbocycles. The summed E-state index contributed by atoms with van der Waals surface area (Å²) < 4.78 is 0. The van der Waals surface area contributed by atoms with Gasteiger partial charge in [-0.3, -0.25) is 19.3 Å². The second-order valence-electron chi connectivity index (χ2n) is 3.75. The zero-order valence-electron chi connectivity index (χ0n) is 8.23. The maximum absolute atomic E-state index is 11.3. The zero-order valence-corrected chi connectivity index (χ0v) is 8.23. The van der Waals surface area contributed by atoms with E-state index < -0.39 is 0 Å². The summed E-state index contributed by atoms with van der Waals surface area (Å²) in [6.45, 7) is 0.170. The van der Waals surface area contributed by atoms with Gasteiger partial charge in [0.25, 0.3) is 11.8 Å². The highest BCUT2D eigenvalue weighted by Crippen LogP contribution is 2.18. The molecule has 3 amide bonds. The number of nitrogens with one attached hydrogen (secondary N) is 1. The predicted octanol–water partition coefficient (Wildman–Crippen LogP) is -0.420. The molecule has 15 heavy (non-hydrogen) atoms. The lowest BCUT2D eigenvalue weighted by atomic mass is 10.3. The van der Waals surface area contributed by atoms with E-state index in [-0.39, 0.29) is 30.7 Å². The number of rotatable bonds is 4. The normalized spacial score (nSPS) is 19.9. The van der Waals surface area contributed by atoms with Crippen LogP contribution in [-0.4, -0.2) is 35.2 Å². The van der Waals surface area contributed by atoms with Crippen molar-refractivity contribution in [1.82, 2.24) is 10.2 Å². The van der Waals surface area contributed by atoms with Crippen molar-refractivity contribution in [2.75, 3.05) is 6.54 Å². The highest BCUT2D eigenvalue weighted by Gasteiger charge is 2.26. The summed E-state index contributed by atoms with van der Waals surface area (Å²) in [5.41, 5.74) is 0. The van der Waals surface area contributed by atoms with Gasteiger partial charge < -0.3 is 5.32 Å². The van der Waals surface area contributed by atoms with Crippen molar-refractivity contribution in [3.05, 3.63) is 12.2 Å². The summed E-state index contributed by atoms with van der Waals surface area (Å²) in [5.74, 6) is -0.761. The van der Waals surface area contributed by atoms with E-state index in [1.54, 1.807) is 0 Å². The third-order valence-corrected chi connectivity index (χ3v) is 2.41. The zero-order chi connectivity index (χ0) is 10.8. The molecule has 2 aliphatic rings. The lowest BCUT2D eigenvalue weighted by Gasteiger charge is -2.12. The van der Waals surface area contributed by atoms with Crippen LogP contribution in [0.3, 0.4) is 0 Å². The molecule has 1 fully saturated rings. The van der Waals surface area contributed by atoms with Crippen LogP contribution in [0.15, 0.2) is 12.2 Å². The van der Waals surface area contributed by atoms with Gasteiger partial charge in [0, 0.05) is 31.2 Å². The molecule has 80 valence electrons. The molecule has 1 aliphatic heterocycles. The van der Waals surface area contributed by atoms with Crippen molar-refractivity contribution >= 4 is 17.7 Å². The number of carbonyl (C=O) groups is 3. The molecule has 0 aromatic carbocycles. The summed E-state index contributed by atoms with van der Waals surface area (Å²) in [5, 5.41) is 2.80. The van der Waals surface area contributed by atoms with Gasteiger partial charge in [0.15, 0.2) is 0 Å². The molecular weight excluding hydrogens is 196 g/mol. The number of amides is 3. The number of carbonyl (C=O) groups excluding carboxylic acids is 3. The summed E-state index contributed by atoms with van der Waals surface area (Å²) in [4.78, 5) is 34.6. The van der Waals surface area contributed by atoms with E-state index in [9.17, 15) is 14.4 Å². The third-order valence-electron chi connectivity index (χ3n) is 2.41. The second-order valence-corrected chi connectivity index (χ2v) is 3.75. The molecule has 1 heterocycles. The standard InChI is InChI=1S/C10H12N2O3/c13-8(11-7-1-2-7)5-6-12-9(14)3-4-10(12)15/h3-4,7H,1-2,5-6H2,(H,11,13). The van der Waals surface area contributed by atoms with Crippen LogP contribution in [0, 0.1) is 0 Å². The molecule has 0 radical (unpaired) electrons. The maximum Gasteiger partial charge on any atom is 0.253 e. The molecule has 0 atom stereocenters. The Morgan fingerprint density at radius 2 is 1.93 bits per heavy atom. The van der Waals surface area contributed by atoms with E-state index in [0.29, 0.717) is 6.04 Å². The number of hydrogen-bond acceptors (Lipinski definition) is 3. The fraction of sp³-hybridized carbons (Fsp3) is 0.500. The molecule has 1 saturated carbocycles. The van der Waals surface area contributed by atoms with Crippen LogP contribution in [0.1, 0.15) is 19.3 Å². The van der Waals surface area contributed by atoms with Crippen molar-refractivity contribution in [1.29, 1.82) is 0 Å². The van der Waals surface area contributed by atoms with Crippen molar-refractivity contribution in [2.24, 2.45) is 0 Å². The molecule has 1 N–H and O–H groups in total. The van der Waals surface area contributed by atoms with E-state index in [1.165, 1.54) is 12.2 Å². The average Bonchev–Trinajstić information content (AvgIpc) is 2.93. The van der Waals surface area contributed by atoms with Crippen LogP contribution in [0.4, 0.5) is 0 Å². The SMILES string of the molecule is O=C(CCN1C(=O)C=CC1=O)NC1CC1. The number of imide groups is 1. The first-order chi connectivity index (χ1) is 7.16. The molecule has 0 aromatic heterocycles. The van der Waals surface area contributed by atoms with Gasteiger partial charge >= 0.3 is 0 Å². The Bertz CT molecular complexity index is 327. The van der Waals surface area contributed by atoms with E-state index >= 15 is 0 Å². The molecular formula is C10H12N2O3. The molecule has 0 unspecified atom stereocenters. The number of hydrogen-bond donors (Lipinski definition) is 1. The fourth-order valence-corrected chi connectivity index (χ4v) is 1.39. The minimum Gasteiger partial charge on any atom is -0.353 e. The lowest BCUT2D eigenvalue weighted by Crippen LogP contribution is -2.35. The second kappa shape index (κ2) is 3.84. The molecule has 5 heteroatoms. The largest absolute Gasteiger partial charge is 0.353 e. The molecule has 0 saturated heterocycles. The molecule has 5 nitrogen and oxygen atoms in total.